The van der Waals surface area contributed by atoms with Gasteiger partial charge in [-0.3, -0.25) is 0 Å². The van der Waals surface area contributed by atoms with Crippen molar-refractivity contribution in [3.63, 3.8) is 0 Å². The average molecular weight is 587 g/mol. The molecule has 0 radical (unpaired) electrons. The van der Waals surface area contributed by atoms with Gasteiger partial charge in [0.25, 0.3) is 0 Å². The second kappa shape index (κ2) is 9.29. The van der Waals surface area contributed by atoms with Crippen molar-refractivity contribution in [3.05, 3.63) is 23.5 Å². The van der Waals surface area contributed by atoms with Gasteiger partial charge in [-0.25, -0.2) is 0 Å². The molecule has 236 valence electrons. The number of fused-ring (bicyclic) bond motifs is 3. The van der Waals surface area contributed by atoms with E-state index in [-0.39, 0.29) is 52.0 Å². The van der Waals surface area contributed by atoms with Crippen molar-refractivity contribution in [2.45, 2.75) is 123 Å². The van der Waals surface area contributed by atoms with Crippen LogP contribution in [0.15, 0.2) is 23.5 Å². The van der Waals surface area contributed by atoms with E-state index in [9.17, 15) is 15.3 Å². The molecule has 3 heterocycles. The second-order valence-electron chi connectivity index (χ2n) is 17.0. The third kappa shape index (κ3) is 3.79. The Bertz CT molecular complexity index is 1170. The molecule has 4 saturated carbocycles. The minimum Gasteiger partial charge on any atom is -0.510 e. The van der Waals surface area contributed by atoms with Gasteiger partial charge in [-0.1, -0.05) is 39.3 Å². The quantitative estimate of drug-likeness (QED) is 0.355. The van der Waals surface area contributed by atoms with Gasteiger partial charge in [-0.15, -0.1) is 0 Å². The van der Waals surface area contributed by atoms with E-state index in [1.54, 1.807) is 0 Å². The van der Waals surface area contributed by atoms with E-state index in [4.69, 9.17) is 18.9 Å². The molecule has 3 aliphatic heterocycles. The summed E-state index contributed by atoms with van der Waals surface area (Å²) < 4.78 is 25.5. The molecule has 0 bridgehead atoms. The van der Waals surface area contributed by atoms with Crippen molar-refractivity contribution < 1.29 is 34.3 Å². The van der Waals surface area contributed by atoms with Crippen LogP contribution in [0.4, 0.5) is 0 Å². The highest BCUT2D eigenvalue weighted by Gasteiger charge is 2.81. The predicted octanol–water partition coefficient (Wildman–Crippen LogP) is 5.90. The molecular weight excluding hydrogens is 532 g/mol. The van der Waals surface area contributed by atoms with Gasteiger partial charge >= 0.3 is 0 Å². The van der Waals surface area contributed by atoms with Crippen molar-refractivity contribution in [3.8, 4) is 0 Å². The maximum atomic E-state index is 12.1. The Balaban J connectivity index is 1.16. The molecule has 4 aliphatic carbocycles. The van der Waals surface area contributed by atoms with E-state index in [0.717, 1.165) is 38.7 Å². The monoisotopic (exact) mass is 586 g/mol. The van der Waals surface area contributed by atoms with Crippen molar-refractivity contribution >= 4 is 0 Å². The summed E-state index contributed by atoms with van der Waals surface area (Å²) in [5.74, 6) is 0.966. The Morgan fingerprint density at radius 1 is 1.00 bits per heavy atom. The summed E-state index contributed by atoms with van der Waals surface area (Å²) in [6.45, 7) is 17.5. The fourth-order valence-corrected chi connectivity index (χ4v) is 12.2. The summed E-state index contributed by atoms with van der Waals surface area (Å²) >= 11 is 0. The molecule has 0 aromatic carbocycles. The van der Waals surface area contributed by atoms with Crippen molar-refractivity contribution in [1.82, 2.24) is 0 Å². The summed E-state index contributed by atoms with van der Waals surface area (Å²) in [7, 11) is 0. The number of aliphatic hydroxyl groups is 3. The van der Waals surface area contributed by atoms with Gasteiger partial charge in [0.05, 0.1) is 30.3 Å². The van der Waals surface area contributed by atoms with Crippen molar-refractivity contribution in [2.24, 2.45) is 51.2 Å². The van der Waals surface area contributed by atoms with Crippen molar-refractivity contribution in [1.29, 1.82) is 0 Å². The number of hydrogen-bond donors (Lipinski definition) is 3. The molecule has 3 N–H and O–H groups in total. The lowest BCUT2D eigenvalue weighted by molar-refractivity contribution is -0.446. The molecule has 7 heteroatoms. The Kier molecular flexibility index (Phi) is 6.58. The largest absolute Gasteiger partial charge is 0.510 e. The van der Waals surface area contributed by atoms with Crippen LogP contribution < -0.4 is 0 Å². The maximum absolute atomic E-state index is 12.1. The first-order valence-corrected chi connectivity index (χ1v) is 16.6. The minimum absolute atomic E-state index is 0.00455. The number of hydrogen-bond acceptors (Lipinski definition) is 7. The molecule has 0 aromatic rings. The van der Waals surface area contributed by atoms with Gasteiger partial charge in [-0.05, 0) is 106 Å². The van der Waals surface area contributed by atoms with E-state index in [1.807, 2.05) is 6.92 Å². The van der Waals surface area contributed by atoms with Crippen LogP contribution in [0.25, 0.3) is 0 Å². The van der Waals surface area contributed by atoms with Crippen LogP contribution in [0.1, 0.15) is 93.4 Å². The molecule has 6 fully saturated rings. The summed E-state index contributed by atoms with van der Waals surface area (Å²) in [6.07, 6.45) is 9.57. The first-order valence-electron chi connectivity index (χ1n) is 16.6. The lowest BCUT2D eigenvalue weighted by atomic mass is 9.37. The van der Waals surface area contributed by atoms with Gasteiger partial charge < -0.3 is 34.3 Å². The standard InChI is InChI=1S/C35H54O7/c1-20(2)12-22-16-40-35-27(33(22,7)38)14-21-13-26-31(5,18-34(21,35)19-41-35)10-8-25-30(3,4)28(9-11-32(25,26)6)42-29-24(37)15-23(36)17-39-29/h12,15,21-22,24-29,36-38H,8-11,13-14,16-19H2,1-7H3/t21?,22-,24?,25?,26?,27?,28?,29?,31+,32+,33+,34-,35+/m1/s1. The SMILES string of the molecule is CC(C)=C[C@@H]1CO[C@@]23OC[C@@]24C[C@]2(C)CCC5C(C)(C)C(OC6OCC(O)=CC6O)CC[C@]5(C)C2CC4CC3[C@@]1(C)O. The topological polar surface area (TPSA) is 97.6 Å². The van der Waals surface area contributed by atoms with Crippen LogP contribution in [0.2, 0.25) is 0 Å². The predicted molar refractivity (Wildman–Crippen MR) is 158 cm³/mol. The van der Waals surface area contributed by atoms with E-state index in [1.165, 1.54) is 24.5 Å². The van der Waals surface area contributed by atoms with Gasteiger partial charge in [0.15, 0.2) is 12.1 Å². The van der Waals surface area contributed by atoms with E-state index < -0.39 is 23.8 Å². The Hall–Kier alpha value is -0.960. The Labute approximate surface area is 252 Å². The van der Waals surface area contributed by atoms with Crippen LogP contribution in [-0.4, -0.2) is 65.0 Å². The molecule has 7 unspecified atom stereocenters. The van der Waals surface area contributed by atoms with Crippen molar-refractivity contribution in [2.75, 3.05) is 19.8 Å². The molecular formula is C35H54O7. The lowest BCUT2D eigenvalue weighted by Gasteiger charge is -2.71. The summed E-state index contributed by atoms with van der Waals surface area (Å²) in [5.41, 5.74) is 0.669. The van der Waals surface area contributed by atoms with Gasteiger partial charge in [-0.2, -0.15) is 0 Å². The highest BCUT2D eigenvalue weighted by molar-refractivity contribution is 5.26. The summed E-state index contributed by atoms with van der Waals surface area (Å²) in [6, 6.07) is 0. The third-order valence-electron chi connectivity index (χ3n) is 14.2. The zero-order valence-electron chi connectivity index (χ0n) is 26.8. The molecule has 7 nitrogen and oxygen atoms in total. The Morgan fingerprint density at radius 2 is 1.74 bits per heavy atom. The highest BCUT2D eigenvalue weighted by atomic mass is 16.7. The number of allylic oxidation sites excluding steroid dienone is 1. The fraction of sp³-hybridized carbons (Fsp3) is 0.886. The number of ether oxygens (including phenoxy) is 4. The third-order valence-corrected chi connectivity index (χ3v) is 14.2. The second-order valence-corrected chi connectivity index (χ2v) is 17.0. The molecule has 2 saturated heterocycles. The molecule has 0 amide bonds. The van der Waals surface area contributed by atoms with Gasteiger partial charge in [0, 0.05) is 11.8 Å². The lowest BCUT2D eigenvalue weighted by Crippen LogP contribution is -2.75. The average Bonchev–Trinajstić information content (AvgIpc) is 3.07. The van der Waals surface area contributed by atoms with Crippen LogP contribution in [0, 0.1) is 51.2 Å². The van der Waals surface area contributed by atoms with Gasteiger partial charge in [0.2, 0.25) is 0 Å². The first kappa shape index (κ1) is 29.7. The van der Waals surface area contributed by atoms with E-state index in [0.29, 0.717) is 24.4 Å². The molecule has 13 atom stereocenters. The summed E-state index contributed by atoms with van der Waals surface area (Å²) in [4.78, 5) is 0. The Morgan fingerprint density at radius 3 is 2.40 bits per heavy atom. The van der Waals surface area contributed by atoms with Crippen LogP contribution >= 0.6 is 0 Å². The van der Waals surface area contributed by atoms with E-state index in [2.05, 4.69) is 47.6 Å². The molecule has 7 aliphatic rings. The molecule has 42 heavy (non-hydrogen) atoms. The fourth-order valence-electron chi connectivity index (χ4n) is 12.2. The minimum atomic E-state index is -0.953. The molecule has 7 rings (SSSR count). The maximum Gasteiger partial charge on any atom is 0.188 e. The van der Waals surface area contributed by atoms with Crippen LogP contribution in [0.5, 0.6) is 0 Å². The zero-order chi connectivity index (χ0) is 30.1. The van der Waals surface area contributed by atoms with Crippen LogP contribution in [0.3, 0.4) is 0 Å². The molecule has 2 spiro atoms. The first-order chi connectivity index (χ1) is 19.6. The number of aliphatic hydroxyl groups excluding tert-OH is 2. The summed E-state index contributed by atoms with van der Waals surface area (Å²) in [5, 5.41) is 32.3. The van der Waals surface area contributed by atoms with E-state index >= 15 is 0 Å². The van der Waals surface area contributed by atoms with Crippen LogP contribution in [-0.2, 0) is 18.9 Å². The normalized spacial score (nSPS) is 56.0. The zero-order valence-corrected chi connectivity index (χ0v) is 26.8. The molecule has 0 aromatic heterocycles. The van der Waals surface area contributed by atoms with Gasteiger partial charge in [0.1, 0.15) is 18.5 Å². The highest BCUT2D eigenvalue weighted by Crippen LogP contribution is 2.78. The number of rotatable bonds is 3. The smallest absolute Gasteiger partial charge is 0.188 e.